The average Bonchev–Trinajstić information content (AvgIpc) is 3.22. The number of carbonyl (C=O) groups is 2. The molecule has 7 nitrogen and oxygen atoms in total. The third kappa shape index (κ3) is 3.56. The van der Waals surface area contributed by atoms with Crippen molar-refractivity contribution in [1.82, 2.24) is 9.78 Å². The first kappa shape index (κ1) is 18.0. The van der Waals surface area contributed by atoms with Crippen LogP contribution in [0.1, 0.15) is 33.2 Å². The van der Waals surface area contributed by atoms with Crippen molar-refractivity contribution in [3.8, 4) is 5.75 Å². The number of amides is 2. The van der Waals surface area contributed by atoms with Crippen LogP contribution in [-0.4, -0.2) is 34.7 Å². The van der Waals surface area contributed by atoms with Gasteiger partial charge in [-0.2, -0.15) is 5.10 Å². The van der Waals surface area contributed by atoms with Gasteiger partial charge in [0.25, 0.3) is 0 Å². The lowest BCUT2D eigenvalue weighted by Gasteiger charge is -2.20. The highest BCUT2D eigenvalue weighted by Gasteiger charge is 2.36. The van der Waals surface area contributed by atoms with E-state index in [-0.39, 0.29) is 24.3 Å². The number of anilines is 2. The average molecular weight is 356 g/mol. The van der Waals surface area contributed by atoms with Crippen LogP contribution in [-0.2, 0) is 9.59 Å². The minimum absolute atomic E-state index is 0.0744. The van der Waals surface area contributed by atoms with E-state index in [1.54, 1.807) is 21.8 Å². The van der Waals surface area contributed by atoms with Crippen LogP contribution >= 0.6 is 0 Å². The fourth-order valence-corrected chi connectivity index (χ4v) is 3.13. The molecule has 2 aromatic rings. The number of nitrogens with one attached hydrogen (secondary N) is 1. The molecule has 2 heterocycles. The molecule has 1 aliphatic heterocycles. The Morgan fingerprint density at radius 2 is 2.12 bits per heavy atom. The van der Waals surface area contributed by atoms with Crippen LogP contribution in [0.25, 0.3) is 0 Å². The molecule has 1 aromatic heterocycles. The Balaban J connectivity index is 1.73. The van der Waals surface area contributed by atoms with E-state index in [4.69, 9.17) is 4.74 Å². The molecule has 0 saturated carbocycles. The maximum absolute atomic E-state index is 12.7. The van der Waals surface area contributed by atoms with Gasteiger partial charge in [0, 0.05) is 25.1 Å². The molecule has 0 spiro atoms. The Labute approximate surface area is 152 Å². The first-order valence-corrected chi connectivity index (χ1v) is 8.87. The summed E-state index contributed by atoms with van der Waals surface area (Å²) < 4.78 is 7.36. The van der Waals surface area contributed by atoms with Gasteiger partial charge in [-0.15, -0.1) is 0 Å². The van der Waals surface area contributed by atoms with E-state index in [1.807, 2.05) is 45.0 Å². The van der Waals surface area contributed by atoms with E-state index in [1.165, 1.54) is 0 Å². The van der Waals surface area contributed by atoms with E-state index in [0.29, 0.717) is 30.4 Å². The van der Waals surface area contributed by atoms with E-state index in [9.17, 15) is 9.59 Å². The van der Waals surface area contributed by atoms with E-state index < -0.39 is 5.92 Å². The van der Waals surface area contributed by atoms with Crippen LogP contribution in [0.5, 0.6) is 5.75 Å². The van der Waals surface area contributed by atoms with Crippen molar-refractivity contribution in [2.24, 2.45) is 5.92 Å². The summed E-state index contributed by atoms with van der Waals surface area (Å²) in [7, 11) is 0. The summed E-state index contributed by atoms with van der Waals surface area (Å²) in [6, 6.07) is 9.31. The van der Waals surface area contributed by atoms with Gasteiger partial charge in [-0.05, 0) is 32.9 Å². The van der Waals surface area contributed by atoms with Crippen LogP contribution in [0.2, 0.25) is 0 Å². The molecule has 1 atom stereocenters. The van der Waals surface area contributed by atoms with E-state index in [0.717, 1.165) is 0 Å². The number of para-hydroxylation sites is 2. The molecule has 7 heteroatoms. The second-order valence-electron chi connectivity index (χ2n) is 6.55. The predicted octanol–water partition coefficient (Wildman–Crippen LogP) is 2.85. The number of hydrogen-bond donors (Lipinski definition) is 1. The third-order valence-corrected chi connectivity index (χ3v) is 4.36. The molecule has 26 heavy (non-hydrogen) atoms. The van der Waals surface area contributed by atoms with Gasteiger partial charge >= 0.3 is 0 Å². The highest BCUT2D eigenvalue weighted by Crippen LogP contribution is 2.33. The summed E-state index contributed by atoms with van der Waals surface area (Å²) in [6.45, 7) is 6.74. The number of ether oxygens (including phenoxy) is 1. The number of nitrogens with zero attached hydrogens (tertiary/aromatic N) is 3. The summed E-state index contributed by atoms with van der Waals surface area (Å²) in [5.74, 6) is 0.646. The Bertz CT molecular complexity index is 800. The monoisotopic (exact) mass is 356 g/mol. The van der Waals surface area contributed by atoms with Crippen LogP contribution in [0.15, 0.2) is 36.5 Å². The molecule has 2 amide bonds. The molecule has 0 unspecified atom stereocenters. The van der Waals surface area contributed by atoms with Gasteiger partial charge in [-0.1, -0.05) is 12.1 Å². The van der Waals surface area contributed by atoms with Gasteiger partial charge in [0.1, 0.15) is 11.6 Å². The molecule has 0 bridgehead atoms. The van der Waals surface area contributed by atoms with Gasteiger partial charge in [-0.25, -0.2) is 4.68 Å². The normalized spacial score (nSPS) is 17.0. The number of aromatic nitrogens is 2. The first-order valence-electron chi connectivity index (χ1n) is 8.87. The fraction of sp³-hybridized carbons (Fsp3) is 0.421. The maximum atomic E-state index is 12.7. The minimum atomic E-state index is -0.410. The SMILES string of the molecule is CCOc1ccccc1N1C[C@@H](C(=O)Nc2ccnn2C(C)C)CC1=O. The molecular weight excluding hydrogens is 332 g/mol. The van der Waals surface area contributed by atoms with Crippen molar-refractivity contribution < 1.29 is 14.3 Å². The van der Waals surface area contributed by atoms with Crippen LogP contribution < -0.4 is 15.0 Å². The van der Waals surface area contributed by atoms with Crippen molar-refractivity contribution in [1.29, 1.82) is 0 Å². The minimum Gasteiger partial charge on any atom is -0.492 e. The standard InChI is InChI=1S/C19H24N4O3/c1-4-26-16-8-6-5-7-15(16)22-12-14(11-18(22)24)19(25)21-17-9-10-20-23(17)13(2)3/h5-10,13-14H,4,11-12H2,1-3H3,(H,21,25)/t14-/m0/s1. The predicted molar refractivity (Wildman–Crippen MR) is 99.3 cm³/mol. The lowest BCUT2D eigenvalue weighted by Crippen LogP contribution is -2.29. The van der Waals surface area contributed by atoms with E-state index >= 15 is 0 Å². The molecule has 138 valence electrons. The molecule has 0 aliphatic carbocycles. The Hall–Kier alpha value is -2.83. The zero-order valence-corrected chi connectivity index (χ0v) is 15.3. The number of rotatable bonds is 6. The van der Waals surface area contributed by atoms with Crippen LogP contribution in [0.4, 0.5) is 11.5 Å². The van der Waals surface area contributed by atoms with Gasteiger partial charge in [0.2, 0.25) is 11.8 Å². The summed E-state index contributed by atoms with van der Waals surface area (Å²) in [5, 5.41) is 7.11. The van der Waals surface area contributed by atoms with Crippen molar-refractivity contribution in [2.45, 2.75) is 33.2 Å². The van der Waals surface area contributed by atoms with Crippen molar-refractivity contribution in [3.63, 3.8) is 0 Å². The second-order valence-corrected chi connectivity index (χ2v) is 6.55. The third-order valence-electron chi connectivity index (χ3n) is 4.36. The highest BCUT2D eigenvalue weighted by atomic mass is 16.5. The number of carbonyl (C=O) groups excluding carboxylic acids is 2. The summed E-state index contributed by atoms with van der Waals surface area (Å²) >= 11 is 0. The Kier molecular flexibility index (Phi) is 5.25. The van der Waals surface area contributed by atoms with Crippen molar-refractivity contribution in [3.05, 3.63) is 36.5 Å². The lowest BCUT2D eigenvalue weighted by molar-refractivity contribution is -0.122. The fourth-order valence-electron chi connectivity index (χ4n) is 3.13. The van der Waals surface area contributed by atoms with Gasteiger partial charge in [0.15, 0.2) is 0 Å². The molecule has 1 fully saturated rings. The topological polar surface area (TPSA) is 76.5 Å². The molecule has 1 N–H and O–H groups in total. The van der Waals surface area contributed by atoms with Crippen molar-refractivity contribution in [2.75, 3.05) is 23.4 Å². The van der Waals surface area contributed by atoms with Crippen LogP contribution in [0, 0.1) is 5.92 Å². The number of benzene rings is 1. The molecular formula is C19H24N4O3. The Morgan fingerprint density at radius 1 is 1.35 bits per heavy atom. The molecule has 3 rings (SSSR count). The summed E-state index contributed by atoms with van der Waals surface area (Å²) in [5.41, 5.74) is 0.710. The van der Waals surface area contributed by atoms with E-state index in [2.05, 4.69) is 10.4 Å². The quantitative estimate of drug-likeness (QED) is 0.863. The highest BCUT2D eigenvalue weighted by molar-refractivity contribution is 6.04. The van der Waals surface area contributed by atoms with Gasteiger partial charge in [-0.3, -0.25) is 9.59 Å². The maximum Gasteiger partial charge on any atom is 0.230 e. The zero-order chi connectivity index (χ0) is 18.7. The molecule has 0 radical (unpaired) electrons. The molecule has 1 aliphatic rings. The molecule has 1 aromatic carbocycles. The largest absolute Gasteiger partial charge is 0.492 e. The van der Waals surface area contributed by atoms with Crippen LogP contribution in [0.3, 0.4) is 0 Å². The Morgan fingerprint density at radius 3 is 2.85 bits per heavy atom. The van der Waals surface area contributed by atoms with Crippen molar-refractivity contribution >= 4 is 23.3 Å². The van der Waals surface area contributed by atoms with Gasteiger partial charge in [0.05, 0.1) is 24.4 Å². The summed E-state index contributed by atoms with van der Waals surface area (Å²) in [4.78, 5) is 26.8. The lowest BCUT2D eigenvalue weighted by atomic mass is 10.1. The second kappa shape index (κ2) is 7.59. The van der Waals surface area contributed by atoms with Gasteiger partial charge < -0.3 is 15.0 Å². The number of hydrogen-bond acceptors (Lipinski definition) is 4. The summed E-state index contributed by atoms with van der Waals surface area (Å²) in [6.07, 6.45) is 1.84. The zero-order valence-electron chi connectivity index (χ0n) is 15.3. The first-order chi connectivity index (χ1) is 12.5. The molecule has 1 saturated heterocycles. The smallest absolute Gasteiger partial charge is 0.230 e.